The highest BCUT2D eigenvalue weighted by Crippen LogP contribution is 2.38. The molecule has 8 nitrogen and oxygen atoms in total. The summed E-state index contributed by atoms with van der Waals surface area (Å²) in [6.45, 7) is 4.35. The molecule has 0 radical (unpaired) electrons. The predicted octanol–water partition coefficient (Wildman–Crippen LogP) is 10.1. The molecule has 0 saturated heterocycles. The molecule has 0 aliphatic rings. The Morgan fingerprint density at radius 1 is 0.680 bits per heavy atom. The van der Waals surface area contributed by atoms with Crippen LogP contribution in [-0.2, 0) is 18.4 Å². The number of carbonyl (C=O) groups excluding carboxylic acids is 1. The topological polar surface area (TPSA) is 108 Å². The van der Waals surface area contributed by atoms with Gasteiger partial charge in [-0.25, -0.2) is 0 Å². The molecule has 0 aromatic rings. The number of carbonyl (C=O) groups is 1. The number of hydrogen-bond donors (Lipinski definition) is 2. The lowest BCUT2D eigenvalue weighted by Crippen LogP contribution is -2.45. The number of nitrogens with zero attached hydrogens (tertiary/aromatic N) is 1. The Hall–Kier alpha value is -1.28. The first-order chi connectivity index (χ1) is 24.0. The van der Waals surface area contributed by atoms with Crippen molar-refractivity contribution in [3.05, 3.63) is 36.5 Å². The van der Waals surface area contributed by atoms with Crippen molar-refractivity contribution in [1.29, 1.82) is 0 Å². The molecule has 0 bridgehead atoms. The molecule has 0 saturated carbocycles. The number of likely N-dealkylation sites (N-methyl/N-ethyl adjacent to an activating group) is 1. The van der Waals surface area contributed by atoms with Crippen LogP contribution in [-0.4, -0.2) is 68.5 Å². The van der Waals surface area contributed by atoms with Crippen molar-refractivity contribution in [2.24, 2.45) is 0 Å². The van der Waals surface area contributed by atoms with Crippen LogP contribution in [0, 0.1) is 0 Å². The lowest BCUT2D eigenvalue weighted by Gasteiger charge is -2.29. The van der Waals surface area contributed by atoms with Gasteiger partial charge in [-0.3, -0.25) is 9.36 Å². The van der Waals surface area contributed by atoms with Crippen LogP contribution in [0.4, 0.5) is 0 Å². The van der Waals surface area contributed by atoms with E-state index in [1.54, 1.807) is 6.08 Å². The maximum Gasteiger partial charge on any atom is 0.268 e. The molecule has 1 amide bonds. The van der Waals surface area contributed by atoms with Gasteiger partial charge < -0.3 is 28.8 Å². The van der Waals surface area contributed by atoms with Gasteiger partial charge in [0.05, 0.1) is 39.9 Å². The van der Waals surface area contributed by atoms with Gasteiger partial charge in [-0.2, -0.15) is 0 Å². The minimum Gasteiger partial charge on any atom is -0.756 e. The number of allylic oxidation sites excluding steroid dienone is 5. The minimum atomic E-state index is -4.57. The first kappa shape index (κ1) is 48.7. The molecule has 0 aliphatic heterocycles. The van der Waals surface area contributed by atoms with E-state index in [2.05, 4.69) is 36.5 Å². The zero-order valence-corrected chi connectivity index (χ0v) is 34.0. The van der Waals surface area contributed by atoms with Crippen molar-refractivity contribution in [2.75, 3.05) is 40.9 Å². The standard InChI is InChI=1S/C41H79N2O6P/c1-6-8-10-11-12-13-14-15-16-17-18-19-20-21-22-23-24-25-26-27-28-29-30-31-32-33-34-40(44)39(42-41(45)35-9-7-2)38-49-50(46,47)48-37-36-43(3,4)5/h25-26,29-30,33-34,39-40,44H,6-24,27-28,31-32,35-38H2,1-5H3,(H-,42,45,46,47)/b26-25+,30-29+,34-33+. The van der Waals surface area contributed by atoms with Gasteiger partial charge in [0.2, 0.25) is 5.91 Å². The summed E-state index contributed by atoms with van der Waals surface area (Å²) < 4.78 is 22.8. The number of aliphatic hydroxyl groups is 1. The van der Waals surface area contributed by atoms with E-state index in [1.807, 2.05) is 34.1 Å². The van der Waals surface area contributed by atoms with E-state index in [9.17, 15) is 19.4 Å². The molecule has 2 N–H and O–H groups in total. The Kier molecular flexibility index (Phi) is 32.7. The summed E-state index contributed by atoms with van der Waals surface area (Å²) in [5.41, 5.74) is 0. The number of quaternary nitrogens is 1. The number of unbranched alkanes of at least 4 members (excludes halogenated alkanes) is 19. The van der Waals surface area contributed by atoms with Crippen LogP contribution in [0.3, 0.4) is 0 Å². The first-order valence-corrected chi connectivity index (χ1v) is 21.8. The number of phosphoric acid groups is 1. The zero-order chi connectivity index (χ0) is 37.2. The van der Waals surface area contributed by atoms with Gasteiger partial charge in [0.15, 0.2) is 0 Å². The van der Waals surface area contributed by atoms with Crippen molar-refractivity contribution in [1.82, 2.24) is 5.32 Å². The molecule has 0 aromatic heterocycles. The molecule has 294 valence electrons. The molecule has 0 aromatic carbocycles. The maximum absolute atomic E-state index is 12.3. The fraction of sp³-hybridized carbons (Fsp3) is 0.829. The van der Waals surface area contributed by atoms with E-state index >= 15 is 0 Å². The van der Waals surface area contributed by atoms with Gasteiger partial charge in [-0.15, -0.1) is 0 Å². The fourth-order valence-electron chi connectivity index (χ4n) is 5.51. The van der Waals surface area contributed by atoms with Gasteiger partial charge in [0, 0.05) is 6.42 Å². The average Bonchev–Trinajstić information content (AvgIpc) is 3.06. The largest absolute Gasteiger partial charge is 0.756 e. The van der Waals surface area contributed by atoms with Crippen molar-refractivity contribution >= 4 is 13.7 Å². The quantitative estimate of drug-likeness (QED) is 0.0288. The van der Waals surface area contributed by atoms with Crippen molar-refractivity contribution < 1.29 is 32.9 Å². The van der Waals surface area contributed by atoms with E-state index in [1.165, 1.54) is 109 Å². The minimum absolute atomic E-state index is 0.0103. The fourth-order valence-corrected chi connectivity index (χ4v) is 6.24. The second-order valence-corrected chi connectivity index (χ2v) is 16.4. The SMILES string of the molecule is CCCCCCCCCCCCCCCCCC/C=C/CC/C=C/CC/C=C/C(O)C(COP(=O)([O-])OCC[N+](C)(C)C)NC(=O)CCCC. The molecule has 0 fully saturated rings. The molecule has 0 rings (SSSR count). The van der Waals surface area contributed by atoms with Crippen LogP contribution < -0.4 is 10.2 Å². The molecule has 3 atom stereocenters. The van der Waals surface area contributed by atoms with Crippen molar-refractivity contribution in [3.63, 3.8) is 0 Å². The highest BCUT2D eigenvalue weighted by molar-refractivity contribution is 7.45. The number of hydrogen-bond acceptors (Lipinski definition) is 6. The van der Waals surface area contributed by atoms with Crippen LogP contribution >= 0.6 is 7.82 Å². The third-order valence-electron chi connectivity index (χ3n) is 8.83. The van der Waals surface area contributed by atoms with Crippen LogP contribution in [0.25, 0.3) is 0 Å². The highest BCUT2D eigenvalue weighted by Gasteiger charge is 2.23. The number of amides is 1. The van der Waals surface area contributed by atoms with Gasteiger partial charge in [-0.05, 0) is 44.9 Å². The number of rotatable bonds is 36. The number of nitrogens with one attached hydrogen (secondary N) is 1. The number of aliphatic hydroxyl groups excluding tert-OH is 1. The summed E-state index contributed by atoms with van der Waals surface area (Å²) in [6.07, 6.45) is 40.4. The van der Waals surface area contributed by atoms with E-state index in [4.69, 9.17) is 9.05 Å². The van der Waals surface area contributed by atoms with Crippen LogP contribution in [0.1, 0.15) is 168 Å². The maximum atomic E-state index is 12.3. The summed E-state index contributed by atoms with van der Waals surface area (Å²) >= 11 is 0. The zero-order valence-electron chi connectivity index (χ0n) is 33.1. The summed E-state index contributed by atoms with van der Waals surface area (Å²) in [7, 11) is 1.23. The second-order valence-electron chi connectivity index (χ2n) is 15.0. The summed E-state index contributed by atoms with van der Waals surface area (Å²) in [5.74, 6) is -0.249. The predicted molar refractivity (Wildman–Crippen MR) is 210 cm³/mol. The molecular formula is C41H79N2O6P. The first-order valence-electron chi connectivity index (χ1n) is 20.4. The molecule has 0 spiro atoms. The van der Waals surface area contributed by atoms with Crippen LogP contribution in [0.2, 0.25) is 0 Å². The highest BCUT2D eigenvalue weighted by atomic mass is 31.2. The van der Waals surface area contributed by atoms with Gasteiger partial charge >= 0.3 is 0 Å². The Balaban J connectivity index is 4.04. The smallest absolute Gasteiger partial charge is 0.268 e. The summed E-state index contributed by atoms with van der Waals surface area (Å²) in [5, 5.41) is 13.4. The Bertz CT molecular complexity index is 917. The van der Waals surface area contributed by atoms with Crippen LogP contribution in [0.5, 0.6) is 0 Å². The van der Waals surface area contributed by atoms with Crippen LogP contribution in [0.15, 0.2) is 36.5 Å². The van der Waals surface area contributed by atoms with E-state index in [0.29, 0.717) is 23.9 Å². The molecular weight excluding hydrogens is 647 g/mol. The monoisotopic (exact) mass is 727 g/mol. The molecule has 0 heterocycles. The molecule has 50 heavy (non-hydrogen) atoms. The summed E-state index contributed by atoms with van der Waals surface area (Å²) in [6, 6.07) is -0.901. The van der Waals surface area contributed by atoms with Crippen molar-refractivity contribution in [3.8, 4) is 0 Å². The van der Waals surface area contributed by atoms with E-state index < -0.39 is 26.6 Å². The van der Waals surface area contributed by atoms with Gasteiger partial charge in [0.25, 0.3) is 7.82 Å². The number of phosphoric ester groups is 1. The lowest BCUT2D eigenvalue weighted by atomic mass is 10.0. The molecule has 3 unspecified atom stereocenters. The summed E-state index contributed by atoms with van der Waals surface area (Å²) in [4.78, 5) is 24.6. The Labute approximate surface area is 308 Å². The van der Waals surface area contributed by atoms with Crippen molar-refractivity contribution in [2.45, 2.75) is 180 Å². The Morgan fingerprint density at radius 2 is 1.12 bits per heavy atom. The van der Waals surface area contributed by atoms with E-state index in [-0.39, 0.29) is 12.5 Å². The lowest BCUT2D eigenvalue weighted by molar-refractivity contribution is -0.870. The van der Waals surface area contributed by atoms with E-state index in [0.717, 1.165) is 32.1 Å². The molecule has 0 aliphatic carbocycles. The average molecular weight is 727 g/mol. The second kappa shape index (κ2) is 33.5. The van der Waals surface area contributed by atoms with Gasteiger partial charge in [0.1, 0.15) is 13.2 Å². The normalized spacial score (nSPS) is 14.9. The third-order valence-corrected chi connectivity index (χ3v) is 9.79. The Morgan fingerprint density at radius 3 is 1.60 bits per heavy atom. The van der Waals surface area contributed by atoms with Gasteiger partial charge in [-0.1, -0.05) is 153 Å². The molecule has 9 heteroatoms. The third kappa shape index (κ3) is 35.1.